The van der Waals surface area contributed by atoms with Gasteiger partial charge in [-0.2, -0.15) is 0 Å². The van der Waals surface area contributed by atoms with Gasteiger partial charge in [0.1, 0.15) is 11.2 Å². The van der Waals surface area contributed by atoms with E-state index in [-0.39, 0.29) is 5.41 Å². The normalized spacial score (nSPS) is 13.1. The van der Waals surface area contributed by atoms with Crippen molar-refractivity contribution in [2.24, 2.45) is 0 Å². The second kappa shape index (κ2) is 11.3. The van der Waals surface area contributed by atoms with E-state index in [0.29, 0.717) is 0 Å². The van der Waals surface area contributed by atoms with Crippen LogP contribution in [0.15, 0.2) is 180 Å². The molecule has 0 aliphatic heterocycles. The Morgan fingerprint density at radius 1 is 0.451 bits per heavy atom. The van der Waals surface area contributed by atoms with Gasteiger partial charge in [0, 0.05) is 27.6 Å². The molecule has 0 amide bonds. The molecule has 0 spiro atoms. The van der Waals surface area contributed by atoms with E-state index in [0.717, 1.165) is 44.6 Å². The van der Waals surface area contributed by atoms with E-state index in [9.17, 15) is 0 Å². The summed E-state index contributed by atoms with van der Waals surface area (Å²) in [7, 11) is 0. The highest BCUT2D eigenvalue weighted by Crippen LogP contribution is 2.55. The zero-order chi connectivity index (χ0) is 34.1. The molecular weight excluding hydrogens is 619 g/mol. The van der Waals surface area contributed by atoms with Gasteiger partial charge in [-0.05, 0) is 80.6 Å². The smallest absolute Gasteiger partial charge is 0.145 e. The van der Waals surface area contributed by atoms with Gasteiger partial charge in [0.15, 0.2) is 0 Å². The first-order chi connectivity index (χ1) is 25.1. The van der Waals surface area contributed by atoms with Crippen LogP contribution in [-0.4, -0.2) is 0 Å². The number of hydrogen-bond acceptors (Lipinski definition) is 2. The summed E-state index contributed by atoms with van der Waals surface area (Å²) < 4.78 is 6.88. The van der Waals surface area contributed by atoms with Gasteiger partial charge in [-0.15, -0.1) is 0 Å². The Hall–Kier alpha value is -6.38. The van der Waals surface area contributed by atoms with E-state index in [2.05, 4.69) is 195 Å². The molecule has 0 fully saturated rings. The van der Waals surface area contributed by atoms with Crippen LogP contribution in [0.1, 0.15) is 25.0 Å². The summed E-state index contributed by atoms with van der Waals surface area (Å²) in [6.45, 7) is 4.70. The molecule has 0 unspecified atom stereocenters. The maximum absolute atomic E-state index is 6.88. The highest BCUT2D eigenvalue weighted by atomic mass is 16.3. The molecule has 9 aromatic rings. The summed E-state index contributed by atoms with van der Waals surface area (Å²) in [5, 5.41) is 4.63. The van der Waals surface area contributed by atoms with Crippen LogP contribution in [0.25, 0.3) is 66.1 Å². The maximum Gasteiger partial charge on any atom is 0.145 e. The predicted octanol–water partition coefficient (Wildman–Crippen LogP) is 13.8. The van der Waals surface area contributed by atoms with Gasteiger partial charge in [-0.25, -0.2) is 0 Å². The van der Waals surface area contributed by atoms with Crippen molar-refractivity contribution in [3.63, 3.8) is 0 Å². The number of nitrogens with zero attached hydrogens (tertiary/aromatic N) is 1. The second-order valence-corrected chi connectivity index (χ2v) is 14.1. The number of hydrogen-bond donors (Lipinski definition) is 0. The van der Waals surface area contributed by atoms with Crippen molar-refractivity contribution in [3.8, 4) is 33.4 Å². The summed E-state index contributed by atoms with van der Waals surface area (Å²) >= 11 is 0. The molecule has 0 bridgehead atoms. The average molecular weight is 654 g/mol. The van der Waals surface area contributed by atoms with Crippen molar-refractivity contribution < 1.29 is 4.42 Å². The lowest BCUT2D eigenvalue weighted by atomic mass is 9.82. The van der Waals surface area contributed by atoms with Gasteiger partial charge in [-0.3, -0.25) is 0 Å². The van der Waals surface area contributed by atoms with Gasteiger partial charge in [-0.1, -0.05) is 153 Å². The second-order valence-electron chi connectivity index (χ2n) is 14.1. The van der Waals surface area contributed by atoms with Crippen LogP contribution in [0.3, 0.4) is 0 Å². The first-order valence-electron chi connectivity index (χ1n) is 17.7. The number of anilines is 3. The van der Waals surface area contributed by atoms with Gasteiger partial charge >= 0.3 is 0 Å². The van der Waals surface area contributed by atoms with Crippen LogP contribution in [0.5, 0.6) is 0 Å². The molecule has 0 saturated carbocycles. The first-order valence-corrected chi connectivity index (χ1v) is 17.7. The Labute approximate surface area is 297 Å². The molecule has 2 nitrogen and oxygen atoms in total. The van der Waals surface area contributed by atoms with Crippen LogP contribution in [-0.2, 0) is 5.41 Å². The molecule has 51 heavy (non-hydrogen) atoms. The molecular formula is C49H35NO. The minimum Gasteiger partial charge on any atom is -0.455 e. The Morgan fingerprint density at radius 3 is 1.96 bits per heavy atom. The van der Waals surface area contributed by atoms with Crippen molar-refractivity contribution in [2.45, 2.75) is 19.3 Å². The monoisotopic (exact) mass is 653 g/mol. The van der Waals surface area contributed by atoms with Crippen molar-refractivity contribution >= 4 is 49.8 Å². The van der Waals surface area contributed by atoms with Gasteiger partial charge in [0.05, 0.1) is 16.8 Å². The molecule has 8 aromatic carbocycles. The van der Waals surface area contributed by atoms with Crippen LogP contribution < -0.4 is 4.90 Å². The average Bonchev–Trinajstić information content (AvgIpc) is 3.69. The topological polar surface area (TPSA) is 16.4 Å². The fraction of sp³-hybridized carbons (Fsp3) is 0.0612. The van der Waals surface area contributed by atoms with E-state index in [1.807, 2.05) is 0 Å². The maximum atomic E-state index is 6.88. The van der Waals surface area contributed by atoms with Gasteiger partial charge in [0.2, 0.25) is 0 Å². The number of benzene rings is 8. The Bertz CT molecular complexity index is 2770. The molecule has 0 atom stereocenters. The zero-order valence-electron chi connectivity index (χ0n) is 28.6. The number of rotatable bonds is 5. The lowest BCUT2D eigenvalue weighted by Gasteiger charge is -2.30. The molecule has 242 valence electrons. The van der Waals surface area contributed by atoms with Crippen LogP contribution >= 0.6 is 0 Å². The fourth-order valence-electron chi connectivity index (χ4n) is 8.43. The SMILES string of the molecule is CC1(C)c2ccccc2-c2c(N(c3ccc(-c4ccccc4)cc3)c3ccc(-c4cccc5ccccc45)c4oc5ccccc5c34)cccc21. The van der Waals surface area contributed by atoms with Crippen LogP contribution in [0.2, 0.25) is 0 Å². The highest BCUT2D eigenvalue weighted by Gasteiger charge is 2.38. The standard InChI is InChI=1S/C49H35NO/c1-49(2)41-22-10-8-19-39(41)46-42(49)23-13-24-43(46)50(35-28-26-33(27-29-35)32-14-4-3-5-15-32)44-31-30-38(37-21-12-17-34-16-6-7-18-36(34)37)48-47(44)40-20-9-11-25-45(40)51-48/h3-31H,1-2H3. The third-order valence-electron chi connectivity index (χ3n) is 10.9. The summed E-state index contributed by atoms with van der Waals surface area (Å²) in [6, 6.07) is 63.5. The Balaban J connectivity index is 1.28. The van der Waals surface area contributed by atoms with Crippen molar-refractivity contribution in [1.82, 2.24) is 0 Å². The molecule has 2 heteroatoms. The highest BCUT2D eigenvalue weighted by molar-refractivity contribution is 6.19. The quantitative estimate of drug-likeness (QED) is 0.184. The molecule has 1 aliphatic carbocycles. The van der Waals surface area contributed by atoms with Crippen LogP contribution in [0, 0.1) is 0 Å². The van der Waals surface area contributed by atoms with E-state index in [1.165, 1.54) is 49.7 Å². The Kier molecular flexibility index (Phi) is 6.56. The Morgan fingerprint density at radius 2 is 1.10 bits per heavy atom. The number of furan rings is 1. The molecule has 1 heterocycles. The van der Waals surface area contributed by atoms with Crippen LogP contribution in [0.4, 0.5) is 17.1 Å². The molecule has 1 aliphatic rings. The van der Waals surface area contributed by atoms with E-state index >= 15 is 0 Å². The van der Waals surface area contributed by atoms with E-state index < -0.39 is 0 Å². The first kappa shape index (κ1) is 29.5. The van der Waals surface area contributed by atoms with Crippen molar-refractivity contribution in [3.05, 3.63) is 187 Å². The number of para-hydroxylation sites is 1. The molecule has 0 radical (unpaired) electrons. The number of fused-ring (bicyclic) bond motifs is 7. The molecule has 10 rings (SSSR count). The fourth-order valence-corrected chi connectivity index (χ4v) is 8.43. The minimum atomic E-state index is -0.124. The van der Waals surface area contributed by atoms with Crippen molar-refractivity contribution in [2.75, 3.05) is 4.90 Å². The van der Waals surface area contributed by atoms with Crippen molar-refractivity contribution in [1.29, 1.82) is 0 Å². The molecule has 0 N–H and O–H groups in total. The third-order valence-corrected chi connectivity index (χ3v) is 10.9. The summed E-state index contributed by atoms with van der Waals surface area (Å²) in [5.74, 6) is 0. The molecule has 0 saturated heterocycles. The van der Waals surface area contributed by atoms with Gasteiger partial charge in [0.25, 0.3) is 0 Å². The summed E-state index contributed by atoms with van der Waals surface area (Å²) in [6.07, 6.45) is 0. The summed E-state index contributed by atoms with van der Waals surface area (Å²) in [5.41, 5.74) is 14.9. The van der Waals surface area contributed by atoms with E-state index in [4.69, 9.17) is 4.42 Å². The zero-order valence-corrected chi connectivity index (χ0v) is 28.6. The lowest BCUT2D eigenvalue weighted by molar-refractivity contribution is 0.660. The lowest BCUT2D eigenvalue weighted by Crippen LogP contribution is -2.16. The van der Waals surface area contributed by atoms with E-state index in [1.54, 1.807) is 0 Å². The predicted molar refractivity (Wildman–Crippen MR) is 214 cm³/mol. The van der Waals surface area contributed by atoms with Gasteiger partial charge < -0.3 is 9.32 Å². The third kappa shape index (κ3) is 4.50. The largest absolute Gasteiger partial charge is 0.455 e. The minimum absolute atomic E-state index is 0.124. The molecule has 1 aromatic heterocycles. The summed E-state index contributed by atoms with van der Waals surface area (Å²) in [4.78, 5) is 2.46.